The van der Waals surface area contributed by atoms with E-state index in [0.717, 1.165) is 51.0 Å². The topological polar surface area (TPSA) is 52.7 Å². The third-order valence-corrected chi connectivity index (χ3v) is 5.80. The van der Waals surface area contributed by atoms with Crippen molar-refractivity contribution in [3.05, 3.63) is 65.5 Å². The van der Waals surface area contributed by atoms with Gasteiger partial charge in [0.1, 0.15) is 5.82 Å². The molecule has 2 aliphatic rings. The van der Waals surface area contributed by atoms with E-state index >= 15 is 0 Å². The van der Waals surface area contributed by atoms with Crippen LogP contribution in [0.1, 0.15) is 35.2 Å². The zero-order valence-corrected chi connectivity index (χ0v) is 16.4. The van der Waals surface area contributed by atoms with Gasteiger partial charge in [-0.05, 0) is 61.6 Å². The molecule has 1 saturated heterocycles. The highest BCUT2D eigenvalue weighted by atomic mass is 19.1. The summed E-state index contributed by atoms with van der Waals surface area (Å²) in [6.07, 6.45) is 3.63. The highest BCUT2D eigenvalue weighted by molar-refractivity contribution is 5.96. The Bertz CT molecular complexity index is 876. The molecule has 0 unspecified atom stereocenters. The summed E-state index contributed by atoms with van der Waals surface area (Å²) < 4.78 is 13.0. The number of hydrogen-bond donors (Lipinski definition) is 1. The molecule has 29 heavy (non-hydrogen) atoms. The van der Waals surface area contributed by atoms with E-state index in [1.165, 1.54) is 29.8 Å². The van der Waals surface area contributed by atoms with Crippen molar-refractivity contribution in [1.29, 1.82) is 0 Å². The summed E-state index contributed by atoms with van der Waals surface area (Å²) in [7, 11) is 0. The van der Waals surface area contributed by atoms with Crippen molar-refractivity contribution < 1.29 is 14.0 Å². The molecular weight excluding hydrogens is 369 g/mol. The predicted molar refractivity (Wildman–Crippen MR) is 110 cm³/mol. The van der Waals surface area contributed by atoms with Crippen LogP contribution in [0.5, 0.6) is 0 Å². The molecule has 6 heteroatoms. The van der Waals surface area contributed by atoms with Crippen molar-refractivity contribution in [2.24, 2.45) is 0 Å². The number of nitrogens with one attached hydrogen (secondary N) is 1. The minimum Gasteiger partial charge on any atom is -0.349 e. The summed E-state index contributed by atoms with van der Waals surface area (Å²) in [6, 6.07) is 13.8. The standard InChI is InChI=1S/C23H26FN3O2/c24-19-9-7-18(8-10-19)23(29)25-20-11-14-26(15-12-20)16-22(28)27-13-3-5-17-4-1-2-6-21(17)27/h1-2,4,6-10,20H,3,5,11-16H2,(H,25,29). The van der Waals surface area contributed by atoms with Gasteiger partial charge in [-0.25, -0.2) is 4.39 Å². The van der Waals surface area contributed by atoms with E-state index in [2.05, 4.69) is 16.3 Å². The molecule has 5 nitrogen and oxygen atoms in total. The first-order chi connectivity index (χ1) is 14.1. The zero-order valence-electron chi connectivity index (χ0n) is 16.4. The van der Waals surface area contributed by atoms with Crippen molar-refractivity contribution in [2.45, 2.75) is 31.7 Å². The van der Waals surface area contributed by atoms with Gasteiger partial charge >= 0.3 is 0 Å². The SMILES string of the molecule is O=C(NC1CCN(CC(=O)N2CCCc3ccccc32)CC1)c1ccc(F)cc1. The Hall–Kier alpha value is -2.73. The lowest BCUT2D eigenvalue weighted by molar-refractivity contribution is -0.120. The van der Waals surface area contributed by atoms with E-state index in [1.807, 2.05) is 23.1 Å². The number of carbonyl (C=O) groups is 2. The Balaban J connectivity index is 1.27. The molecule has 1 N–H and O–H groups in total. The van der Waals surface area contributed by atoms with Gasteiger partial charge in [-0.3, -0.25) is 14.5 Å². The van der Waals surface area contributed by atoms with E-state index in [9.17, 15) is 14.0 Å². The molecule has 1 fully saturated rings. The Morgan fingerprint density at radius 1 is 1.00 bits per heavy atom. The van der Waals surface area contributed by atoms with Crippen LogP contribution < -0.4 is 10.2 Å². The van der Waals surface area contributed by atoms with E-state index in [-0.39, 0.29) is 23.7 Å². The van der Waals surface area contributed by atoms with Gasteiger partial charge in [-0.2, -0.15) is 0 Å². The summed E-state index contributed by atoms with van der Waals surface area (Å²) in [5.41, 5.74) is 2.76. The van der Waals surface area contributed by atoms with E-state index in [0.29, 0.717) is 12.1 Å². The molecule has 0 radical (unpaired) electrons. The Kier molecular flexibility index (Phi) is 5.90. The molecule has 4 rings (SSSR count). The van der Waals surface area contributed by atoms with Crippen LogP contribution in [-0.2, 0) is 11.2 Å². The number of aryl methyl sites for hydroxylation is 1. The number of likely N-dealkylation sites (tertiary alicyclic amines) is 1. The fourth-order valence-electron chi connectivity index (χ4n) is 4.17. The van der Waals surface area contributed by atoms with Crippen molar-refractivity contribution in [3.63, 3.8) is 0 Å². The third-order valence-electron chi connectivity index (χ3n) is 5.80. The second-order valence-electron chi connectivity index (χ2n) is 7.81. The van der Waals surface area contributed by atoms with Crippen LogP contribution in [0.3, 0.4) is 0 Å². The Morgan fingerprint density at radius 2 is 1.72 bits per heavy atom. The molecule has 0 aliphatic carbocycles. The number of rotatable bonds is 4. The molecule has 0 aromatic heterocycles. The molecule has 2 heterocycles. The molecule has 0 spiro atoms. The number of amides is 2. The predicted octanol–water partition coefficient (Wildman–Crippen LogP) is 3.00. The highest BCUT2D eigenvalue weighted by Gasteiger charge is 2.26. The van der Waals surface area contributed by atoms with E-state index < -0.39 is 0 Å². The number of carbonyl (C=O) groups excluding carboxylic acids is 2. The van der Waals surface area contributed by atoms with Crippen LogP contribution in [0.2, 0.25) is 0 Å². The zero-order chi connectivity index (χ0) is 20.2. The number of para-hydroxylation sites is 1. The number of anilines is 1. The van der Waals surface area contributed by atoms with Gasteiger partial charge in [0.15, 0.2) is 0 Å². The Morgan fingerprint density at radius 3 is 2.48 bits per heavy atom. The number of benzene rings is 2. The van der Waals surface area contributed by atoms with Gasteiger partial charge in [-0.1, -0.05) is 18.2 Å². The summed E-state index contributed by atoms with van der Waals surface area (Å²) in [5, 5.41) is 3.02. The quantitative estimate of drug-likeness (QED) is 0.866. The molecular formula is C23H26FN3O2. The fraction of sp³-hybridized carbons (Fsp3) is 0.391. The van der Waals surface area contributed by atoms with Crippen molar-refractivity contribution >= 4 is 17.5 Å². The minimum atomic E-state index is -0.351. The van der Waals surface area contributed by atoms with Crippen molar-refractivity contribution in [1.82, 2.24) is 10.2 Å². The van der Waals surface area contributed by atoms with Gasteiger partial charge in [0.2, 0.25) is 5.91 Å². The number of hydrogen-bond acceptors (Lipinski definition) is 3. The summed E-state index contributed by atoms with van der Waals surface area (Å²) in [5.74, 6) is -0.383. The Labute approximate surface area is 170 Å². The molecule has 2 amide bonds. The average Bonchev–Trinajstić information content (AvgIpc) is 2.75. The van der Waals surface area contributed by atoms with Crippen molar-refractivity contribution in [3.8, 4) is 0 Å². The summed E-state index contributed by atoms with van der Waals surface area (Å²) in [6.45, 7) is 2.73. The second-order valence-corrected chi connectivity index (χ2v) is 7.81. The maximum atomic E-state index is 13.0. The second kappa shape index (κ2) is 8.74. The smallest absolute Gasteiger partial charge is 0.251 e. The maximum absolute atomic E-state index is 13.0. The van der Waals surface area contributed by atoms with E-state index in [1.54, 1.807) is 0 Å². The van der Waals surface area contributed by atoms with Crippen LogP contribution in [-0.4, -0.2) is 48.9 Å². The third kappa shape index (κ3) is 4.65. The van der Waals surface area contributed by atoms with E-state index in [4.69, 9.17) is 0 Å². The molecule has 2 aromatic carbocycles. The van der Waals surface area contributed by atoms with Crippen molar-refractivity contribution in [2.75, 3.05) is 31.1 Å². The van der Waals surface area contributed by atoms with Gasteiger partial charge in [0, 0.05) is 36.9 Å². The average molecular weight is 395 g/mol. The highest BCUT2D eigenvalue weighted by Crippen LogP contribution is 2.27. The molecule has 2 aromatic rings. The lowest BCUT2D eigenvalue weighted by Crippen LogP contribution is -2.48. The fourth-order valence-corrected chi connectivity index (χ4v) is 4.17. The number of piperidine rings is 1. The first-order valence-electron chi connectivity index (χ1n) is 10.3. The molecule has 0 saturated carbocycles. The molecule has 0 bridgehead atoms. The van der Waals surface area contributed by atoms with Gasteiger partial charge in [0.25, 0.3) is 5.91 Å². The van der Waals surface area contributed by atoms with Crippen LogP contribution in [0.15, 0.2) is 48.5 Å². The van der Waals surface area contributed by atoms with Crippen LogP contribution in [0, 0.1) is 5.82 Å². The van der Waals surface area contributed by atoms with Crippen LogP contribution in [0.4, 0.5) is 10.1 Å². The van der Waals surface area contributed by atoms with Gasteiger partial charge in [-0.15, -0.1) is 0 Å². The number of fused-ring (bicyclic) bond motifs is 1. The summed E-state index contributed by atoms with van der Waals surface area (Å²) >= 11 is 0. The number of halogens is 1. The monoisotopic (exact) mass is 395 g/mol. The van der Waals surface area contributed by atoms with Crippen LogP contribution >= 0.6 is 0 Å². The maximum Gasteiger partial charge on any atom is 0.251 e. The number of nitrogens with zero attached hydrogens (tertiary/aromatic N) is 2. The summed E-state index contributed by atoms with van der Waals surface area (Å²) in [4.78, 5) is 29.3. The van der Waals surface area contributed by atoms with Gasteiger partial charge < -0.3 is 10.2 Å². The first kappa shape index (κ1) is 19.6. The molecule has 2 aliphatic heterocycles. The molecule has 152 valence electrons. The van der Waals surface area contributed by atoms with Crippen LogP contribution in [0.25, 0.3) is 0 Å². The molecule has 0 atom stereocenters. The normalized spacial score (nSPS) is 17.6. The first-order valence-corrected chi connectivity index (χ1v) is 10.3. The lowest BCUT2D eigenvalue weighted by Gasteiger charge is -2.35. The lowest BCUT2D eigenvalue weighted by atomic mass is 10.0. The largest absolute Gasteiger partial charge is 0.349 e. The van der Waals surface area contributed by atoms with Gasteiger partial charge in [0.05, 0.1) is 6.54 Å². The minimum absolute atomic E-state index is 0.0783.